The molecule has 0 N–H and O–H groups in total. The summed E-state index contributed by atoms with van der Waals surface area (Å²) >= 11 is 11.3. The number of cyclic esters (lactones) is 2. The van der Waals surface area contributed by atoms with Gasteiger partial charge < -0.3 is 4.74 Å². The zero-order valence-electron chi connectivity index (χ0n) is 6.14. The van der Waals surface area contributed by atoms with E-state index < -0.39 is 11.9 Å². The van der Waals surface area contributed by atoms with Crippen molar-refractivity contribution in [1.82, 2.24) is 0 Å². The molecule has 13 heavy (non-hydrogen) atoms. The minimum Gasteiger partial charge on any atom is -0.386 e. The van der Waals surface area contributed by atoms with E-state index in [-0.39, 0.29) is 16.1 Å². The fourth-order valence-electron chi connectivity index (χ4n) is 1.13. The monoisotopic (exact) mass is 216 g/mol. The van der Waals surface area contributed by atoms with E-state index in [0.29, 0.717) is 5.02 Å². The number of hydrogen-bond donors (Lipinski definition) is 0. The highest BCUT2D eigenvalue weighted by atomic mass is 35.5. The van der Waals surface area contributed by atoms with Crippen LogP contribution in [0, 0.1) is 0 Å². The Kier molecular flexibility index (Phi) is 1.78. The molecule has 1 heterocycles. The molecule has 1 aromatic rings. The Morgan fingerprint density at radius 1 is 1.08 bits per heavy atom. The van der Waals surface area contributed by atoms with Gasteiger partial charge in [0.2, 0.25) is 0 Å². The summed E-state index contributed by atoms with van der Waals surface area (Å²) in [6.07, 6.45) is 0. The van der Waals surface area contributed by atoms with Gasteiger partial charge in [-0.25, -0.2) is 9.59 Å². The smallest absolute Gasteiger partial charge is 0.348 e. The van der Waals surface area contributed by atoms with E-state index in [1.165, 1.54) is 12.1 Å². The van der Waals surface area contributed by atoms with E-state index in [4.69, 9.17) is 23.2 Å². The Bertz CT molecular complexity index is 426. The average molecular weight is 217 g/mol. The first-order valence-corrected chi connectivity index (χ1v) is 4.11. The first kappa shape index (κ1) is 8.53. The third-order valence-corrected chi connectivity index (χ3v) is 2.18. The van der Waals surface area contributed by atoms with E-state index in [1.807, 2.05) is 0 Å². The van der Waals surface area contributed by atoms with Crippen LogP contribution in [0.2, 0.25) is 10.0 Å². The number of rotatable bonds is 0. The van der Waals surface area contributed by atoms with Crippen molar-refractivity contribution < 1.29 is 14.3 Å². The number of ether oxygens (including phenoxy) is 1. The minimum absolute atomic E-state index is 0.0936. The number of halogens is 2. The highest BCUT2D eigenvalue weighted by Crippen LogP contribution is 2.30. The van der Waals surface area contributed by atoms with Crippen LogP contribution in [0.1, 0.15) is 20.7 Å². The van der Waals surface area contributed by atoms with Gasteiger partial charge in [0, 0.05) is 5.02 Å². The molecule has 3 nitrogen and oxygen atoms in total. The van der Waals surface area contributed by atoms with Crippen molar-refractivity contribution in [3.05, 3.63) is 33.3 Å². The molecule has 1 aliphatic heterocycles. The molecule has 0 saturated heterocycles. The van der Waals surface area contributed by atoms with Gasteiger partial charge in [-0.05, 0) is 12.1 Å². The second kappa shape index (κ2) is 2.72. The molecule has 66 valence electrons. The summed E-state index contributed by atoms with van der Waals surface area (Å²) in [7, 11) is 0. The first-order chi connectivity index (χ1) is 6.09. The molecule has 0 amide bonds. The standard InChI is InChI=1S/C8H2Cl2O3/c9-3-1-4-6(5(10)2-3)8(12)13-7(4)11/h1-2H. The molecule has 2 rings (SSSR count). The van der Waals surface area contributed by atoms with E-state index >= 15 is 0 Å². The van der Waals surface area contributed by atoms with Crippen molar-refractivity contribution in [3.63, 3.8) is 0 Å². The predicted molar refractivity (Wildman–Crippen MR) is 46.2 cm³/mol. The van der Waals surface area contributed by atoms with Crippen molar-refractivity contribution in [2.45, 2.75) is 0 Å². The molecule has 0 atom stereocenters. The predicted octanol–water partition coefficient (Wildman–Crippen LogP) is 2.30. The lowest BCUT2D eigenvalue weighted by atomic mass is 10.1. The summed E-state index contributed by atoms with van der Waals surface area (Å²) in [5.41, 5.74) is 0.221. The summed E-state index contributed by atoms with van der Waals surface area (Å²) in [4.78, 5) is 22.1. The second-order valence-corrected chi connectivity index (χ2v) is 3.33. The minimum atomic E-state index is -0.721. The highest BCUT2D eigenvalue weighted by molar-refractivity contribution is 6.38. The van der Waals surface area contributed by atoms with Crippen molar-refractivity contribution in [2.24, 2.45) is 0 Å². The van der Waals surface area contributed by atoms with Crippen LogP contribution in [-0.2, 0) is 4.74 Å². The lowest BCUT2D eigenvalue weighted by Crippen LogP contribution is -1.97. The van der Waals surface area contributed by atoms with E-state index in [9.17, 15) is 9.59 Å². The van der Waals surface area contributed by atoms with Crippen molar-refractivity contribution in [2.75, 3.05) is 0 Å². The van der Waals surface area contributed by atoms with Crippen LogP contribution in [0.4, 0.5) is 0 Å². The maximum Gasteiger partial charge on any atom is 0.348 e. The Morgan fingerprint density at radius 3 is 2.46 bits per heavy atom. The fourth-order valence-corrected chi connectivity index (χ4v) is 1.70. The van der Waals surface area contributed by atoms with Crippen LogP contribution in [-0.4, -0.2) is 11.9 Å². The van der Waals surface area contributed by atoms with E-state index in [0.717, 1.165) is 0 Å². The molecule has 0 aliphatic carbocycles. The van der Waals surface area contributed by atoms with Crippen LogP contribution < -0.4 is 0 Å². The number of hydrogen-bond acceptors (Lipinski definition) is 3. The molecule has 0 spiro atoms. The lowest BCUT2D eigenvalue weighted by Gasteiger charge is -1.96. The Morgan fingerprint density at radius 2 is 1.77 bits per heavy atom. The Hall–Kier alpha value is -1.06. The molecule has 5 heteroatoms. The van der Waals surface area contributed by atoms with Gasteiger partial charge in [0.05, 0.1) is 16.1 Å². The molecular weight excluding hydrogens is 215 g/mol. The largest absolute Gasteiger partial charge is 0.386 e. The molecule has 0 bridgehead atoms. The zero-order chi connectivity index (χ0) is 9.59. The number of benzene rings is 1. The van der Waals surface area contributed by atoms with Crippen molar-refractivity contribution >= 4 is 35.1 Å². The maximum atomic E-state index is 11.0. The quantitative estimate of drug-likeness (QED) is 0.494. The second-order valence-electron chi connectivity index (χ2n) is 2.49. The molecule has 1 aliphatic rings. The normalized spacial score (nSPS) is 14.3. The van der Waals surface area contributed by atoms with Gasteiger partial charge in [-0.2, -0.15) is 0 Å². The maximum absolute atomic E-state index is 11.0. The van der Waals surface area contributed by atoms with Gasteiger partial charge in [0.1, 0.15) is 0 Å². The summed E-state index contributed by atoms with van der Waals surface area (Å²) < 4.78 is 4.35. The summed E-state index contributed by atoms with van der Waals surface area (Å²) in [6.45, 7) is 0. The zero-order valence-corrected chi connectivity index (χ0v) is 7.65. The van der Waals surface area contributed by atoms with Crippen molar-refractivity contribution in [1.29, 1.82) is 0 Å². The molecule has 0 radical (unpaired) electrons. The molecule has 0 saturated carbocycles. The number of carbonyl (C=O) groups is 2. The van der Waals surface area contributed by atoms with Gasteiger partial charge in [0.25, 0.3) is 0 Å². The summed E-state index contributed by atoms with van der Waals surface area (Å²) in [5, 5.41) is 0.439. The van der Waals surface area contributed by atoms with Gasteiger partial charge in [-0.1, -0.05) is 23.2 Å². The number of carbonyl (C=O) groups excluding carboxylic acids is 2. The average Bonchev–Trinajstić information content (AvgIpc) is 2.27. The van der Waals surface area contributed by atoms with Crippen LogP contribution in [0.25, 0.3) is 0 Å². The SMILES string of the molecule is O=C1OC(=O)c2c(Cl)cc(Cl)cc21. The molecule has 0 fully saturated rings. The number of esters is 2. The molecule has 0 unspecified atom stereocenters. The Labute approximate surface area is 83.2 Å². The first-order valence-electron chi connectivity index (χ1n) is 3.35. The summed E-state index contributed by atoms with van der Waals surface area (Å²) in [6, 6.07) is 2.75. The van der Waals surface area contributed by atoms with Gasteiger partial charge >= 0.3 is 11.9 Å². The van der Waals surface area contributed by atoms with E-state index in [1.54, 1.807) is 0 Å². The van der Waals surface area contributed by atoms with Gasteiger partial charge in [-0.15, -0.1) is 0 Å². The third-order valence-electron chi connectivity index (χ3n) is 1.66. The van der Waals surface area contributed by atoms with Gasteiger partial charge in [0.15, 0.2) is 0 Å². The Balaban J connectivity index is 2.77. The summed E-state index contributed by atoms with van der Waals surface area (Å²) in [5.74, 6) is -1.42. The van der Waals surface area contributed by atoms with E-state index in [2.05, 4.69) is 4.74 Å². The topological polar surface area (TPSA) is 43.4 Å². The molecule has 1 aromatic carbocycles. The van der Waals surface area contributed by atoms with Crippen LogP contribution in [0.3, 0.4) is 0 Å². The lowest BCUT2D eigenvalue weighted by molar-refractivity contribution is 0.0444. The van der Waals surface area contributed by atoms with Gasteiger partial charge in [-0.3, -0.25) is 0 Å². The van der Waals surface area contributed by atoms with Crippen LogP contribution in [0.15, 0.2) is 12.1 Å². The third kappa shape index (κ3) is 1.20. The van der Waals surface area contributed by atoms with Crippen LogP contribution >= 0.6 is 23.2 Å². The fraction of sp³-hybridized carbons (Fsp3) is 0. The van der Waals surface area contributed by atoms with Crippen molar-refractivity contribution in [3.8, 4) is 0 Å². The highest BCUT2D eigenvalue weighted by Gasteiger charge is 2.32. The number of fused-ring (bicyclic) bond motifs is 1. The molecular formula is C8H2Cl2O3. The molecule has 0 aromatic heterocycles. The van der Waals surface area contributed by atoms with Crippen LogP contribution in [0.5, 0.6) is 0 Å².